The highest BCUT2D eigenvalue weighted by Gasteiger charge is 2.24. The minimum atomic E-state index is 0.125. The van der Waals surface area contributed by atoms with Crippen molar-refractivity contribution in [3.63, 3.8) is 0 Å². The SMILES string of the molecule is C=CC1OCOC1CCC. The Bertz CT molecular complexity index is 112. The van der Waals surface area contributed by atoms with Gasteiger partial charge in [0, 0.05) is 0 Å². The first-order valence-corrected chi connectivity index (χ1v) is 3.74. The van der Waals surface area contributed by atoms with Crippen LogP contribution in [0.3, 0.4) is 0 Å². The molecule has 0 bridgehead atoms. The van der Waals surface area contributed by atoms with Crippen molar-refractivity contribution in [1.29, 1.82) is 0 Å². The Morgan fingerprint density at radius 3 is 3.00 bits per heavy atom. The molecule has 0 spiro atoms. The highest BCUT2D eigenvalue weighted by molar-refractivity contribution is 4.88. The number of rotatable bonds is 3. The van der Waals surface area contributed by atoms with Gasteiger partial charge in [-0.05, 0) is 6.42 Å². The summed E-state index contributed by atoms with van der Waals surface area (Å²) in [7, 11) is 0. The zero-order chi connectivity index (χ0) is 7.40. The second-order valence-corrected chi connectivity index (χ2v) is 2.48. The molecule has 0 N–H and O–H groups in total. The van der Waals surface area contributed by atoms with Crippen LogP contribution in [0.15, 0.2) is 12.7 Å². The predicted octanol–water partition coefficient (Wildman–Crippen LogP) is 1.71. The molecule has 2 nitrogen and oxygen atoms in total. The quantitative estimate of drug-likeness (QED) is 0.558. The summed E-state index contributed by atoms with van der Waals surface area (Å²) in [6.45, 7) is 6.24. The van der Waals surface area contributed by atoms with Gasteiger partial charge in [0.05, 0.1) is 6.10 Å². The van der Waals surface area contributed by atoms with Crippen molar-refractivity contribution in [3.8, 4) is 0 Å². The summed E-state index contributed by atoms with van der Waals surface area (Å²) in [4.78, 5) is 0. The van der Waals surface area contributed by atoms with E-state index in [1.165, 1.54) is 0 Å². The van der Waals surface area contributed by atoms with Crippen LogP contribution in [0.25, 0.3) is 0 Å². The van der Waals surface area contributed by atoms with E-state index in [0.29, 0.717) is 6.79 Å². The van der Waals surface area contributed by atoms with Crippen molar-refractivity contribution >= 4 is 0 Å². The Balaban J connectivity index is 2.34. The van der Waals surface area contributed by atoms with Gasteiger partial charge in [0.15, 0.2) is 0 Å². The molecule has 1 rings (SSSR count). The number of hydrogen-bond donors (Lipinski definition) is 0. The van der Waals surface area contributed by atoms with E-state index in [9.17, 15) is 0 Å². The third-order valence-corrected chi connectivity index (χ3v) is 1.71. The minimum Gasteiger partial charge on any atom is -0.349 e. The topological polar surface area (TPSA) is 18.5 Å². The molecule has 2 heteroatoms. The first kappa shape index (κ1) is 7.76. The van der Waals surface area contributed by atoms with E-state index in [2.05, 4.69) is 13.5 Å². The lowest BCUT2D eigenvalue weighted by Gasteiger charge is -2.10. The molecule has 10 heavy (non-hydrogen) atoms. The molecule has 2 unspecified atom stereocenters. The normalized spacial score (nSPS) is 32.5. The maximum Gasteiger partial charge on any atom is 0.148 e. The van der Waals surface area contributed by atoms with Gasteiger partial charge in [-0.1, -0.05) is 19.4 Å². The first-order valence-electron chi connectivity index (χ1n) is 3.74. The second-order valence-electron chi connectivity index (χ2n) is 2.48. The predicted molar refractivity (Wildman–Crippen MR) is 39.7 cm³/mol. The molecule has 1 aliphatic heterocycles. The Kier molecular flexibility index (Phi) is 2.90. The summed E-state index contributed by atoms with van der Waals surface area (Å²) in [6, 6.07) is 0. The monoisotopic (exact) mass is 142 g/mol. The van der Waals surface area contributed by atoms with Gasteiger partial charge in [0.2, 0.25) is 0 Å². The molecule has 1 saturated heterocycles. The third kappa shape index (κ3) is 1.58. The third-order valence-electron chi connectivity index (χ3n) is 1.71. The summed E-state index contributed by atoms with van der Waals surface area (Å²) < 4.78 is 10.5. The molecule has 1 fully saturated rings. The largest absolute Gasteiger partial charge is 0.349 e. The first-order chi connectivity index (χ1) is 4.88. The minimum absolute atomic E-state index is 0.125. The van der Waals surface area contributed by atoms with Gasteiger partial charge in [-0.3, -0.25) is 0 Å². The lowest BCUT2D eigenvalue weighted by Crippen LogP contribution is -2.19. The highest BCUT2D eigenvalue weighted by atomic mass is 16.7. The molecular weight excluding hydrogens is 128 g/mol. The maximum atomic E-state index is 5.30. The van der Waals surface area contributed by atoms with Crippen LogP contribution in [-0.2, 0) is 9.47 Å². The van der Waals surface area contributed by atoms with E-state index in [4.69, 9.17) is 9.47 Å². The Morgan fingerprint density at radius 1 is 1.60 bits per heavy atom. The average molecular weight is 142 g/mol. The van der Waals surface area contributed by atoms with E-state index < -0.39 is 0 Å². The van der Waals surface area contributed by atoms with Crippen molar-refractivity contribution in [2.24, 2.45) is 0 Å². The van der Waals surface area contributed by atoms with Crippen LogP contribution in [0.4, 0.5) is 0 Å². The molecule has 0 amide bonds. The lowest BCUT2D eigenvalue weighted by atomic mass is 10.1. The molecule has 2 atom stereocenters. The van der Waals surface area contributed by atoms with E-state index in [-0.39, 0.29) is 12.2 Å². The molecular formula is C8H14O2. The average Bonchev–Trinajstić information content (AvgIpc) is 2.36. The smallest absolute Gasteiger partial charge is 0.148 e. The van der Waals surface area contributed by atoms with Crippen molar-refractivity contribution < 1.29 is 9.47 Å². The lowest BCUT2D eigenvalue weighted by molar-refractivity contribution is 0.0413. The molecule has 0 aromatic heterocycles. The van der Waals surface area contributed by atoms with E-state index in [1.54, 1.807) is 0 Å². The summed E-state index contributed by atoms with van der Waals surface area (Å²) in [5.41, 5.74) is 0. The molecule has 0 radical (unpaired) electrons. The van der Waals surface area contributed by atoms with Crippen molar-refractivity contribution in [2.45, 2.75) is 32.0 Å². The summed E-state index contributed by atoms with van der Waals surface area (Å²) in [5.74, 6) is 0. The van der Waals surface area contributed by atoms with Crippen molar-refractivity contribution in [1.82, 2.24) is 0 Å². The van der Waals surface area contributed by atoms with E-state index in [1.807, 2.05) is 6.08 Å². The van der Waals surface area contributed by atoms with Crippen LogP contribution in [0.1, 0.15) is 19.8 Å². The summed E-state index contributed by atoms with van der Waals surface area (Å²) >= 11 is 0. The van der Waals surface area contributed by atoms with Crippen LogP contribution in [0, 0.1) is 0 Å². The van der Waals surface area contributed by atoms with Gasteiger partial charge in [-0.2, -0.15) is 0 Å². The molecule has 1 heterocycles. The summed E-state index contributed by atoms with van der Waals surface area (Å²) in [6.07, 6.45) is 4.39. The molecule has 0 saturated carbocycles. The van der Waals surface area contributed by atoms with Crippen LogP contribution in [-0.4, -0.2) is 19.0 Å². The fourth-order valence-corrected chi connectivity index (χ4v) is 1.16. The zero-order valence-corrected chi connectivity index (χ0v) is 6.38. The fourth-order valence-electron chi connectivity index (χ4n) is 1.16. The molecule has 58 valence electrons. The van der Waals surface area contributed by atoms with Crippen LogP contribution in [0.2, 0.25) is 0 Å². The van der Waals surface area contributed by atoms with Crippen LogP contribution < -0.4 is 0 Å². The molecule has 0 aromatic rings. The zero-order valence-electron chi connectivity index (χ0n) is 6.38. The molecule has 0 aromatic carbocycles. The Labute approximate surface area is 61.8 Å². The number of hydrogen-bond acceptors (Lipinski definition) is 2. The maximum absolute atomic E-state index is 5.30. The highest BCUT2D eigenvalue weighted by Crippen LogP contribution is 2.17. The van der Waals surface area contributed by atoms with Crippen molar-refractivity contribution in [3.05, 3.63) is 12.7 Å². The molecule has 1 aliphatic rings. The van der Waals surface area contributed by atoms with Gasteiger partial charge in [-0.25, -0.2) is 0 Å². The van der Waals surface area contributed by atoms with Gasteiger partial charge in [0.25, 0.3) is 0 Å². The van der Waals surface area contributed by atoms with Gasteiger partial charge < -0.3 is 9.47 Å². The summed E-state index contributed by atoms with van der Waals surface area (Å²) in [5, 5.41) is 0. The van der Waals surface area contributed by atoms with E-state index in [0.717, 1.165) is 12.8 Å². The number of ether oxygens (including phenoxy) is 2. The standard InChI is InChI=1S/C8H14O2/c1-3-5-8-7(4-2)9-6-10-8/h4,7-8H,2-3,5-6H2,1H3. The van der Waals surface area contributed by atoms with E-state index >= 15 is 0 Å². The molecule has 0 aliphatic carbocycles. The van der Waals surface area contributed by atoms with Crippen molar-refractivity contribution in [2.75, 3.05) is 6.79 Å². The Morgan fingerprint density at radius 2 is 2.40 bits per heavy atom. The van der Waals surface area contributed by atoms with Gasteiger partial charge in [-0.15, -0.1) is 6.58 Å². The second kappa shape index (κ2) is 3.74. The van der Waals surface area contributed by atoms with Crippen LogP contribution >= 0.6 is 0 Å². The Hall–Kier alpha value is -0.340. The van der Waals surface area contributed by atoms with Gasteiger partial charge in [0.1, 0.15) is 12.9 Å². The fraction of sp³-hybridized carbons (Fsp3) is 0.750. The van der Waals surface area contributed by atoms with Crippen LogP contribution in [0.5, 0.6) is 0 Å². The van der Waals surface area contributed by atoms with Gasteiger partial charge >= 0.3 is 0 Å².